The largest absolute Gasteiger partial charge is 0.497 e. The van der Waals surface area contributed by atoms with Crippen LogP contribution >= 0.6 is 0 Å². The number of hydrogen-bond donors (Lipinski definition) is 1. The lowest BCUT2D eigenvalue weighted by molar-refractivity contribution is 0.0996. The zero-order valence-corrected chi connectivity index (χ0v) is 12.7. The van der Waals surface area contributed by atoms with Crippen LogP contribution in [-0.4, -0.2) is 13.0 Å². The summed E-state index contributed by atoms with van der Waals surface area (Å²) in [5.74, 6) is 0.0994. The molecule has 3 aromatic rings. The topological polar surface area (TPSA) is 77.8 Å². The van der Waals surface area contributed by atoms with Crippen LogP contribution in [0, 0.1) is 0 Å². The first-order chi connectivity index (χ1) is 11.2. The number of carbonyl (C=O) groups excluding carboxylic acids is 1. The Kier molecular flexibility index (Phi) is 4.10. The zero-order chi connectivity index (χ0) is 16.2. The van der Waals surface area contributed by atoms with E-state index in [2.05, 4.69) is 4.99 Å². The summed E-state index contributed by atoms with van der Waals surface area (Å²) in [6, 6.07) is 16.7. The molecule has 0 atom stereocenters. The van der Waals surface area contributed by atoms with Crippen molar-refractivity contribution in [2.75, 3.05) is 7.11 Å². The first-order valence-corrected chi connectivity index (χ1v) is 7.13. The van der Waals surface area contributed by atoms with Crippen molar-refractivity contribution in [2.24, 2.45) is 10.7 Å². The first-order valence-electron chi connectivity index (χ1n) is 7.13. The molecule has 0 saturated heterocycles. The van der Waals surface area contributed by atoms with Crippen molar-refractivity contribution in [2.45, 2.75) is 6.54 Å². The number of hydrogen-bond acceptors (Lipinski definition) is 4. The van der Waals surface area contributed by atoms with E-state index in [0.717, 1.165) is 10.9 Å². The number of ether oxygens (including phenoxy) is 1. The van der Waals surface area contributed by atoms with E-state index >= 15 is 0 Å². The highest BCUT2D eigenvalue weighted by Gasteiger charge is 2.09. The van der Waals surface area contributed by atoms with Gasteiger partial charge in [-0.2, -0.15) is 0 Å². The first kappa shape index (κ1) is 14.8. The van der Waals surface area contributed by atoms with E-state index in [1.807, 2.05) is 30.3 Å². The van der Waals surface area contributed by atoms with Gasteiger partial charge in [-0.05, 0) is 29.8 Å². The molecule has 2 aromatic carbocycles. The van der Waals surface area contributed by atoms with Crippen molar-refractivity contribution in [3.63, 3.8) is 0 Å². The van der Waals surface area contributed by atoms with E-state index in [0.29, 0.717) is 17.9 Å². The Labute approximate surface area is 133 Å². The molecule has 0 aliphatic heterocycles. The fraction of sp³-hybridized carbons (Fsp3) is 0.111. The van der Waals surface area contributed by atoms with Gasteiger partial charge >= 0.3 is 0 Å². The minimum atomic E-state index is -0.578. The molecule has 0 fully saturated rings. The maximum absolute atomic E-state index is 11.7. The van der Waals surface area contributed by atoms with E-state index in [9.17, 15) is 4.79 Å². The molecule has 1 aromatic heterocycles. The molecule has 1 heterocycles. The second-order valence-electron chi connectivity index (χ2n) is 5.04. The second kappa shape index (κ2) is 6.36. The number of rotatable bonds is 4. The Balaban J connectivity index is 2.11. The molecule has 0 unspecified atom stereocenters. The summed E-state index contributed by atoms with van der Waals surface area (Å²) in [5.41, 5.74) is 7.58. The third-order valence-corrected chi connectivity index (χ3v) is 3.47. The summed E-state index contributed by atoms with van der Waals surface area (Å²) in [6.07, 6.45) is 0. The van der Waals surface area contributed by atoms with Gasteiger partial charge in [-0.1, -0.05) is 30.3 Å². The minimum Gasteiger partial charge on any atom is -0.497 e. The van der Waals surface area contributed by atoms with E-state index in [1.54, 1.807) is 31.4 Å². The molecule has 23 heavy (non-hydrogen) atoms. The van der Waals surface area contributed by atoms with Crippen LogP contribution in [0.1, 0.15) is 15.9 Å². The zero-order valence-electron chi connectivity index (χ0n) is 12.7. The van der Waals surface area contributed by atoms with Gasteiger partial charge in [0, 0.05) is 5.39 Å². The van der Waals surface area contributed by atoms with Crippen molar-refractivity contribution >= 4 is 16.9 Å². The molecule has 2 N–H and O–H groups in total. The van der Waals surface area contributed by atoms with Crippen LogP contribution in [0.3, 0.4) is 0 Å². The predicted octanol–water partition coefficient (Wildman–Crippen LogP) is 2.64. The molecule has 0 saturated carbocycles. The van der Waals surface area contributed by atoms with Crippen LogP contribution in [0.25, 0.3) is 11.0 Å². The van der Waals surface area contributed by atoms with Crippen molar-refractivity contribution in [3.05, 3.63) is 71.3 Å². The summed E-state index contributed by atoms with van der Waals surface area (Å²) in [7, 11) is 1.58. The minimum absolute atomic E-state index is 0.235. The summed E-state index contributed by atoms with van der Waals surface area (Å²) in [5, 5.41) is 0.733. The highest BCUT2D eigenvalue weighted by molar-refractivity contribution is 5.95. The standard InChI is InChI=1S/C18H16N2O3/c1-22-14-7-8-16-13(9-14)10-15(17(19)21)18(23-16)20-11-12-5-3-2-4-6-12/h2-10H,11H2,1H3,(H2,19,21). The Hall–Kier alpha value is -3.08. The second-order valence-corrected chi connectivity index (χ2v) is 5.04. The number of nitrogens with two attached hydrogens (primary N) is 1. The summed E-state index contributed by atoms with van der Waals surface area (Å²) in [6.45, 7) is 0.409. The quantitative estimate of drug-likeness (QED) is 0.805. The van der Waals surface area contributed by atoms with Crippen LogP contribution < -0.4 is 16.0 Å². The third-order valence-electron chi connectivity index (χ3n) is 3.47. The van der Waals surface area contributed by atoms with Gasteiger partial charge in [0.25, 0.3) is 5.91 Å². The third kappa shape index (κ3) is 3.23. The lowest BCUT2D eigenvalue weighted by atomic mass is 10.1. The normalized spacial score (nSPS) is 11.6. The SMILES string of the molecule is COc1ccc2oc(=NCc3ccccc3)c(C(N)=O)cc2c1. The number of fused-ring (bicyclic) bond motifs is 1. The molecule has 116 valence electrons. The van der Waals surface area contributed by atoms with Crippen molar-refractivity contribution < 1.29 is 13.9 Å². The van der Waals surface area contributed by atoms with Gasteiger partial charge in [-0.3, -0.25) is 4.79 Å². The average molecular weight is 308 g/mol. The molecule has 0 radical (unpaired) electrons. The van der Waals surface area contributed by atoms with Gasteiger partial charge in [0.15, 0.2) is 0 Å². The van der Waals surface area contributed by atoms with Gasteiger partial charge in [0.1, 0.15) is 16.9 Å². The molecule has 0 spiro atoms. The van der Waals surface area contributed by atoms with Crippen LogP contribution in [0.2, 0.25) is 0 Å². The monoisotopic (exact) mass is 308 g/mol. The van der Waals surface area contributed by atoms with E-state index < -0.39 is 5.91 Å². The Morgan fingerprint density at radius 2 is 1.96 bits per heavy atom. The van der Waals surface area contributed by atoms with Crippen LogP contribution in [-0.2, 0) is 6.54 Å². The molecule has 0 bridgehead atoms. The molecule has 0 aliphatic carbocycles. The fourth-order valence-electron chi connectivity index (χ4n) is 2.28. The van der Waals surface area contributed by atoms with Crippen LogP contribution in [0.15, 0.2) is 64.0 Å². The highest BCUT2D eigenvalue weighted by Crippen LogP contribution is 2.20. The number of carbonyl (C=O) groups is 1. The van der Waals surface area contributed by atoms with Gasteiger partial charge in [-0.15, -0.1) is 0 Å². The molecule has 0 aliphatic rings. The van der Waals surface area contributed by atoms with Crippen LogP contribution in [0.5, 0.6) is 5.75 Å². The summed E-state index contributed by atoms with van der Waals surface area (Å²) < 4.78 is 10.9. The van der Waals surface area contributed by atoms with Crippen molar-refractivity contribution in [1.29, 1.82) is 0 Å². The fourth-order valence-corrected chi connectivity index (χ4v) is 2.28. The lowest BCUT2D eigenvalue weighted by Gasteiger charge is -2.04. The molecule has 3 rings (SSSR count). The Bertz CT molecular complexity index is 914. The van der Waals surface area contributed by atoms with Gasteiger partial charge in [-0.25, -0.2) is 4.99 Å². The van der Waals surface area contributed by atoms with E-state index in [1.165, 1.54) is 0 Å². The maximum Gasteiger partial charge on any atom is 0.254 e. The average Bonchev–Trinajstić information content (AvgIpc) is 2.59. The number of methoxy groups -OCH3 is 1. The van der Waals surface area contributed by atoms with Crippen molar-refractivity contribution in [3.8, 4) is 5.75 Å². The Morgan fingerprint density at radius 3 is 2.65 bits per heavy atom. The van der Waals surface area contributed by atoms with E-state index in [-0.39, 0.29) is 11.1 Å². The maximum atomic E-state index is 11.7. The van der Waals surface area contributed by atoms with E-state index in [4.69, 9.17) is 14.9 Å². The van der Waals surface area contributed by atoms with Gasteiger partial charge in [0.05, 0.1) is 13.7 Å². The summed E-state index contributed by atoms with van der Waals surface area (Å²) in [4.78, 5) is 16.1. The molecular formula is C18H16N2O3. The highest BCUT2D eigenvalue weighted by atomic mass is 16.5. The van der Waals surface area contributed by atoms with Crippen LogP contribution in [0.4, 0.5) is 0 Å². The smallest absolute Gasteiger partial charge is 0.254 e. The Morgan fingerprint density at radius 1 is 1.17 bits per heavy atom. The van der Waals surface area contributed by atoms with Crippen molar-refractivity contribution in [1.82, 2.24) is 0 Å². The molecule has 5 heteroatoms. The lowest BCUT2D eigenvalue weighted by Crippen LogP contribution is -2.22. The predicted molar refractivity (Wildman–Crippen MR) is 87.0 cm³/mol. The summed E-state index contributed by atoms with van der Waals surface area (Å²) >= 11 is 0. The number of benzene rings is 2. The number of primary amides is 1. The van der Waals surface area contributed by atoms with Gasteiger partial charge in [0.2, 0.25) is 5.55 Å². The van der Waals surface area contributed by atoms with Gasteiger partial charge < -0.3 is 14.9 Å². The molecule has 5 nitrogen and oxygen atoms in total. The molecular weight excluding hydrogens is 292 g/mol. The number of amides is 1. The molecule has 1 amide bonds. The number of nitrogens with zero attached hydrogens (tertiary/aromatic N) is 1.